The van der Waals surface area contributed by atoms with Crippen LogP contribution < -0.4 is 10.5 Å². The van der Waals surface area contributed by atoms with Crippen molar-refractivity contribution in [3.05, 3.63) is 71.9 Å². The van der Waals surface area contributed by atoms with Crippen molar-refractivity contribution < 1.29 is 4.74 Å². The number of benzene rings is 2. The molecule has 0 atom stereocenters. The monoisotopic (exact) mass is 264 g/mol. The van der Waals surface area contributed by atoms with Gasteiger partial charge in [0.15, 0.2) is 0 Å². The van der Waals surface area contributed by atoms with Crippen molar-refractivity contribution in [3.63, 3.8) is 0 Å². The molecule has 3 rings (SSSR count). The lowest BCUT2D eigenvalue weighted by molar-refractivity contribution is 0.303. The van der Waals surface area contributed by atoms with Gasteiger partial charge in [-0.1, -0.05) is 30.3 Å². The highest BCUT2D eigenvalue weighted by Crippen LogP contribution is 2.20. The molecule has 0 saturated heterocycles. The van der Waals surface area contributed by atoms with Crippen LogP contribution in [-0.2, 0) is 13.2 Å². The van der Waals surface area contributed by atoms with Gasteiger partial charge in [0, 0.05) is 23.7 Å². The SMILES string of the molecule is NCc1ccccc1OCc1ccc2ncccc2c1. The highest BCUT2D eigenvalue weighted by Gasteiger charge is 2.02. The maximum absolute atomic E-state index is 5.86. The number of aromatic nitrogens is 1. The lowest BCUT2D eigenvalue weighted by Crippen LogP contribution is -2.02. The Balaban J connectivity index is 1.79. The molecule has 1 heterocycles. The molecule has 1 aromatic heterocycles. The zero-order valence-electron chi connectivity index (χ0n) is 11.1. The van der Waals surface area contributed by atoms with Gasteiger partial charge in [-0.25, -0.2) is 0 Å². The number of nitrogens with two attached hydrogens (primary N) is 1. The number of hydrogen-bond acceptors (Lipinski definition) is 3. The summed E-state index contributed by atoms with van der Waals surface area (Å²) in [5.41, 5.74) is 8.85. The summed E-state index contributed by atoms with van der Waals surface area (Å²) in [6.07, 6.45) is 1.80. The number of hydrogen-bond donors (Lipinski definition) is 1. The molecule has 3 nitrogen and oxygen atoms in total. The van der Waals surface area contributed by atoms with Crippen molar-refractivity contribution >= 4 is 10.9 Å². The minimum Gasteiger partial charge on any atom is -0.489 e. The van der Waals surface area contributed by atoms with Gasteiger partial charge in [0.1, 0.15) is 12.4 Å². The second-order valence-corrected chi connectivity index (χ2v) is 4.63. The molecule has 0 fully saturated rings. The molecule has 0 aliphatic carbocycles. The van der Waals surface area contributed by atoms with Crippen molar-refractivity contribution in [2.45, 2.75) is 13.2 Å². The second-order valence-electron chi connectivity index (χ2n) is 4.63. The number of nitrogens with zero attached hydrogens (tertiary/aromatic N) is 1. The molecular formula is C17H16N2O. The first-order valence-corrected chi connectivity index (χ1v) is 6.61. The standard InChI is InChI=1S/C17H16N2O/c18-11-15-4-1-2-6-17(15)20-12-13-7-8-16-14(10-13)5-3-9-19-16/h1-10H,11-12,18H2. The summed E-state index contributed by atoms with van der Waals surface area (Å²) in [6, 6.07) is 18.0. The molecule has 0 aliphatic heterocycles. The van der Waals surface area contributed by atoms with E-state index in [1.165, 1.54) is 0 Å². The van der Waals surface area contributed by atoms with E-state index < -0.39 is 0 Å². The summed E-state index contributed by atoms with van der Waals surface area (Å²) in [6.45, 7) is 1.01. The van der Waals surface area contributed by atoms with Crippen LogP contribution in [0, 0.1) is 0 Å². The normalized spacial score (nSPS) is 10.7. The van der Waals surface area contributed by atoms with Crippen molar-refractivity contribution in [3.8, 4) is 5.75 Å². The third kappa shape index (κ3) is 2.63. The fourth-order valence-electron chi connectivity index (χ4n) is 2.19. The predicted octanol–water partition coefficient (Wildman–Crippen LogP) is 3.27. The largest absolute Gasteiger partial charge is 0.489 e. The highest BCUT2D eigenvalue weighted by molar-refractivity contribution is 5.78. The van der Waals surface area contributed by atoms with Crippen LogP contribution in [0.1, 0.15) is 11.1 Å². The molecule has 0 amide bonds. The first kappa shape index (κ1) is 12.6. The molecule has 0 unspecified atom stereocenters. The average Bonchev–Trinajstić information content (AvgIpc) is 2.53. The van der Waals surface area contributed by atoms with Crippen molar-refractivity contribution in [2.24, 2.45) is 5.73 Å². The van der Waals surface area contributed by atoms with Crippen LogP contribution in [0.15, 0.2) is 60.8 Å². The van der Waals surface area contributed by atoms with Gasteiger partial charge in [0.25, 0.3) is 0 Å². The predicted molar refractivity (Wildman–Crippen MR) is 80.4 cm³/mol. The van der Waals surface area contributed by atoms with E-state index in [9.17, 15) is 0 Å². The average molecular weight is 264 g/mol. The first-order chi connectivity index (χ1) is 9.86. The van der Waals surface area contributed by atoms with Gasteiger partial charge in [0.2, 0.25) is 0 Å². The lowest BCUT2D eigenvalue weighted by Gasteiger charge is -2.10. The summed E-state index contributed by atoms with van der Waals surface area (Å²) in [4.78, 5) is 4.31. The van der Waals surface area contributed by atoms with E-state index in [1.807, 2.05) is 42.5 Å². The highest BCUT2D eigenvalue weighted by atomic mass is 16.5. The molecular weight excluding hydrogens is 248 g/mol. The molecule has 0 aliphatic rings. The lowest BCUT2D eigenvalue weighted by atomic mass is 10.1. The van der Waals surface area contributed by atoms with Gasteiger partial charge in [-0.15, -0.1) is 0 Å². The molecule has 0 spiro atoms. The van der Waals surface area contributed by atoms with E-state index in [4.69, 9.17) is 10.5 Å². The van der Waals surface area contributed by atoms with Gasteiger partial charge in [-0.05, 0) is 29.8 Å². The molecule has 0 saturated carbocycles. The van der Waals surface area contributed by atoms with Gasteiger partial charge in [-0.2, -0.15) is 0 Å². The second kappa shape index (κ2) is 5.72. The Bertz CT molecular complexity index is 725. The molecule has 2 N–H and O–H groups in total. The maximum atomic E-state index is 5.86. The van der Waals surface area contributed by atoms with Gasteiger partial charge in [-0.3, -0.25) is 4.98 Å². The maximum Gasteiger partial charge on any atom is 0.124 e. The minimum absolute atomic E-state index is 0.484. The number of pyridine rings is 1. The third-order valence-corrected chi connectivity index (χ3v) is 3.25. The summed E-state index contributed by atoms with van der Waals surface area (Å²) < 4.78 is 5.86. The summed E-state index contributed by atoms with van der Waals surface area (Å²) in [5.74, 6) is 0.848. The smallest absolute Gasteiger partial charge is 0.124 e. The number of ether oxygens (including phenoxy) is 1. The van der Waals surface area contributed by atoms with Crippen molar-refractivity contribution in [1.82, 2.24) is 4.98 Å². The molecule has 100 valence electrons. The van der Waals surface area contributed by atoms with Crippen LogP contribution in [0.5, 0.6) is 5.75 Å². The van der Waals surface area contributed by atoms with Crippen LogP contribution >= 0.6 is 0 Å². The molecule has 2 aromatic carbocycles. The van der Waals surface area contributed by atoms with Gasteiger partial charge < -0.3 is 10.5 Å². The zero-order chi connectivity index (χ0) is 13.8. The topological polar surface area (TPSA) is 48.1 Å². The van der Waals surface area contributed by atoms with E-state index in [0.29, 0.717) is 13.2 Å². The van der Waals surface area contributed by atoms with Crippen LogP contribution in [0.25, 0.3) is 10.9 Å². The fraction of sp³-hybridized carbons (Fsp3) is 0.118. The van der Waals surface area contributed by atoms with Crippen molar-refractivity contribution in [2.75, 3.05) is 0 Å². The fourth-order valence-corrected chi connectivity index (χ4v) is 2.19. The Hall–Kier alpha value is -2.39. The number of rotatable bonds is 4. The Kier molecular flexibility index (Phi) is 3.61. The Morgan fingerprint density at radius 3 is 2.80 bits per heavy atom. The number of para-hydroxylation sites is 1. The van der Waals surface area contributed by atoms with E-state index in [-0.39, 0.29) is 0 Å². The Morgan fingerprint density at radius 1 is 1.00 bits per heavy atom. The molecule has 0 bridgehead atoms. The number of fused-ring (bicyclic) bond motifs is 1. The van der Waals surface area contributed by atoms with E-state index >= 15 is 0 Å². The third-order valence-electron chi connectivity index (χ3n) is 3.25. The van der Waals surface area contributed by atoms with Crippen LogP contribution in [0.2, 0.25) is 0 Å². The van der Waals surface area contributed by atoms with Crippen molar-refractivity contribution in [1.29, 1.82) is 0 Å². The van der Waals surface area contributed by atoms with E-state index in [0.717, 1.165) is 27.8 Å². The van der Waals surface area contributed by atoms with Crippen LogP contribution in [-0.4, -0.2) is 4.98 Å². The summed E-state index contributed by atoms with van der Waals surface area (Å²) >= 11 is 0. The van der Waals surface area contributed by atoms with Crippen LogP contribution in [0.4, 0.5) is 0 Å². The minimum atomic E-state index is 0.484. The Morgan fingerprint density at radius 2 is 1.90 bits per heavy atom. The molecule has 0 radical (unpaired) electrons. The summed E-state index contributed by atoms with van der Waals surface area (Å²) in [7, 11) is 0. The van der Waals surface area contributed by atoms with Crippen LogP contribution in [0.3, 0.4) is 0 Å². The molecule has 3 aromatic rings. The van der Waals surface area contributed by atoms with Gasteiger partial charge >= 0.3 is 0 Å². The Labute approximate surface area is 118 Å². The molecule has 3 heteroatoms. The van der Waals surface area contributed by atoms with E-state index in [2.05, 4.69) is 17.1 Å². The first-order valence-electron chi connectivity index (χ1n) is 6.61. The quantitative estimate of drug-likeness (QED) is 0.786. The van der Waals surface area contributed by atoms with E-state index in [1.54, 1.807) is 6.20 Å². The molecule has 20 heavy (non-hydrogen) atoms. The zero-order valence-corrected chi connectivity index (χ0v) is 11.1. The van der Waals surface area contributed by atoms with Gasteiger partial charge in [0.05, 0.1) is 5.52 Å². The summed E-state index contributed by atoms with van der Waals surface area (Å²) in [5, 5.41) is 1.13.